The number of rotatable bonds is 7. The summed E-state index contributed by atoms with van der Waals surface area (Å²) < 4.78 is 38.9. The van der Waals surface area contributed by atoms with Gasteiger partial charge in [-0.1, -0.05) is 19.1 Å². The number of hydrogen-bond donors (Lipinski definition) is 2. The first-order valence-electron chi connectivity index (χ1n) is 7.55. The van der Waals surface area contributed by atoms with Crippen LogP contribution < -0.4 is 10.0 Å². The molecule has 0 bridgehead atoms. The summed E-state index contributed by atoms with van der Waals surface area (Å²) in [6, 6.07) is 11.8. The van der Waals surface area contributed by atoms with Gasteiger partial charge in [0.2, 0.25) is 10.0 Å². The molecule has 0 aliphatic heterocycles. The first-order chi connectivity index (χ1) is 11.4. The summed E-state index contributed by atoms with van der Waals surface area (Å²) in [5.74, 6) is -0.666. The second-order valence-electron chi connectivity index (χ2n) is 5.16. The molecular weight excluding hydrogens is 331 g/mol. The van der Waals surface area contributed by atoms with E-state index in [1.807, 2.05) is 0 Å². The second kappa shape index (κ2) is 8.03. The third-order valence-electron chi connectivity index (χ3n) is 3.37. The molecule has 0 atom stereocenters. The van der Waals surface area contributed by atoms with Crippen molar-refractivity contribution in [2.75, 3.05) is 13.1 Å². The highest BCUT2D eigenvalue weighted by atomic mass is 32.2. The molecule has 1 amide bonds. The third kappa shape index (κ3) is 4.87. The van der Waals surface area contributed by atoms with Gasteiger partial charge >= 0.3 is 0 Å². The van der Waals surface area contributed by atoms with Gasteiger partial charge in [-0.25, -0.2) is 17.5 Å². The number of amides is 1. The molecule has 7 heteroatoms. The Morgan fingerprint density at radius 2 is 1.67 bits per heavy atom. The standard InChI is InChI=1S/C17H19FN2O3S/c1-2-20-24(22,23)16-9-3-13(4-10-16)11-12-19-17(21)14-5-7-15(18)8-6-14/h3-10,20H,2,11-12H2,1H3,(H,19,21). The van der Waals surface area contributed by atoms with Crippen LogP contribution in [0.25, 0.3) is 0 Å². The predicted molar refractivity (Wildman–Crippen MR) is 89.7 cm³/mol. The van der Waals surface area contributed by atoms with Gasteiger partial charge in [-0.15, -0.1) is 0 Å². The first-order valence-corrected chi connectivity index (χ1v) is 9.03. The fourth-order valence-electron chi connectivity index (χ4n) is 2.13. The Balaban J connectivity index is 1.88. The van der Waals surface area contributed by atoms with Crippen molar-refractivity contribution in [3.63, 3.8) is 0 Å². The van der Waals surface area contributed by atoms with Gasteiger partial charge < -0.3 is 5.32 Å². The molecule has 2 aromatic carbocycles. The lowest BCUT2D eigenvalue weighted by Crippen LogP contribution is -2.25. The lowest BCUT2D eigenvalue weighted by atomic mass is 10.1. The van der Waals surface area contributed by atoms with E-state index in [1.165, 1.54) is 36.4 Å². The van der Waals surface area contributed by atoms with E-state index < -0.39 is 10.0 Å². The van der Waals surface area contributed by atoms with E-state index in [2.05, 4.69) is 10.0 Å². The van der Waals surface area contributed by atoms with Crippen LogP contribution in [0, 0.1) is 5.82 Å². The van der Waals surface area contributed by atoms with E-state index >= 15 is 0 Å². The van der Waals surface area contributed by atoms with Gasteiger partial charge in [0.25, 0.3) is 5.91 Å². The van der Waals surface area contributed by atoms with Gasteiger partial charge in [0, 0.05) is 18.7 Å². The molecule has 5 nitrogen and oxygen atoms in total. The Kier molecular flexibility index (Phi) is 6.05. The molecule has 0 saturated carbocycles. The highest BCUT2D eigenvalue weighted by Crippen LogP contribution is 2.10. The third-order valence-corrected chi connectivity index (χ3v) is 4.94. The van der Waals surface area contributed by atoms with Crippen molar-refractivity contribution < 1.29 is 17.6 Å². The highest BCUT2D eigenvalue weighted by Gasteiger charge is 2.11. The van der Waals surface area contributed by atoms with Gasteiger partial charge in [0.1, 0.15) is 5.82 Å². The fraction of sp³-hybridized carbons (Fsp3) is 0.235. The minimum absolute atomic E-state index is 0.212. The van der Waals surface area contributed by atoms with Crippen molar-refractivity contribution in [3.8, 4) is 0 Å². The molecule has 2 N–H and O–H groups in total. The molecule has 2 aromatic rings. The molecule has 0 unspecified atom stereocenters. The molecule has 0 saturated heterocycles. The average molecular weight is 350 g/mol. The SMILES string of the molecule is CCNS(=O)(=O)c1ccc(CCNC(=O)c2ccc(F)cc2)cc1. The molecular formula is C17H19FN2O3S. The van der Waals surface area contributed by atoms with Gasteiger partial charge in [0.15, 0.2) is 0 Å². The highest BCUT2D eigenvalue weighted by molar-refractivity contribution is 7.89. The molecule has 0 heterocycles. The van der Waals surface area contributed by atoms with E-state index in [4.69, 9.17) is 0 Å². The van der Waals surface area contributed by atoms with Crippen LogP contribution >= 0.6 is 0 Å². The van der Waals surface area contributed by atoms with Crippen molar-refractivity contribution in [2.24, 2.45) is 0 Å². The Bertz CT molecular complexity index is 788. The molecule has 128 valence electrons. The zero-order chi connectivity index (χ0) is 17.6. The number of benzene rings is 2. The van der Waals surface area contributed by atoms with E-state index in [0.717, 1.165) is 5.56 Å². The van der Waals surface area contributed by atoms with Gasteiger partial charge in [-0.05, 0) is 48.4 Å². The number of carbonyl (C=O) groups is 1. The summed E-state index contributed by atoms with van der Waals surface area (Å²) in [6.45, 7) is 2.45. The van der Waals surface area contributed by atoms with Gasteiger partial charge in [-0.3, -0.25) is 4.79 Å². The maximum Gasteiger partial charge on any atom is 0.251 e. The van der Waals surface area contributed by atoms with Crippen LogP contribution in [0.2, 0.25) is 0 Å². The van der Waals surface area contributed by atoms with Gasteiger partial charge in [0.05, 0.1) is 4.90 Å². The molecule has 24 heavy (non-hydrogen) atoms. The Morgan fingerprint density at radius 1 is 1.04 bits per heavy atom. The molecule has 0 aliphatic carbocycles. The van der Waals surface area contributed by atoms with Gasteiger partial charge in [-0.2, -0.15) is 0 Å². The van der Waals surface area contributed by atoms with Crippen LogP contribution in [0.5, 0.6) is 0 Å². The van der Waals surface area contributed by atoms with Crippen molar-refractivity contribution in [3.05, 3.63) is 65.5 Å². The van der Waals surface area contributed by atoms with Crippen LogP contribution in [0.3, 0.4) is 0 Å². The van der Waals surface area contributed by atoms with Crippen molar-refractivity contribution in [1.29, 1.82) is 0 Å². The monoisotopic (exact) mass is 350 g/mol. The van der Waals surface area contributed by atoms with Crippen LogP contribution in [0.4, 0.5) is 4.39 Å². The zero-order valence-electron chi connectivity index (χ0n) is 13.3. The summed E-state index contributed by atoms with van der Waals surface area (Å²) in [5.41, 5.74) is 1.30. The van der Waals surface area contributed by atoms with E-state index in [1.54, 1.807) is 19.1 Å². The summed E-state index contributed by atoms with van der Waals surface area (Å²) >= 11 is 0. The summed E-state index contributed by atoms with van der Waals surface area (Å²) in [7, 11) is -3.45. The molecule has 0 aromatic heterocycles. The number of halogens is 1. The number of sulfonamides is 1. The van der Waals surface area contributed by atoms with Crippen LogP contribution in [-0.2, 0) is 16.4 Å². The van der Waals surface area contributed by atoms with E-state index in [9.17, 15) is 17.6 Å². The summed E-state index contributed by atoms with van der Waals surface area (Å²) in [6.07, 6.45) is 0.564. The van der Waals surface area contributed by atoms with Crippen molar-refractivity contribution in [1.82, 2.24) is 10.0 Å². The maximum atomic E-state index is 12.8. The lowest BCUT2D eigenvalue weighted by molar-refractivity contribution is 0.0954. The minimum Gasteiger partial charge on any atom is -0.352 e. The summed E-state index contributed by atoms with van der Waals surface area (Å²) in [5, 5.41) is 2.74. The molecule has 0 fully saturated rings. The fourth-order valence-corrected chi connectivity index (χ4v) is 3.17. The Morgan fingerprint density at radius 3 is 2.25 bits per heavy atom. The van der Waals surface area contributed by atoms with Crippen molar-refractivity contribution >= 4 is 15.9 Å². The lowest BCUT2D eigenvalue weighted by Gasteiger charge is -2.07. The topological polar surface area (TPSA) is 75.3 Å². The van der Waals surface area contributed by atoms with Crippen molar-refractivity contribution in [2.45, 2.75) is 18.2 Å². The predicted octanol–water partition coefficient (Wildman–Crippen LogP) is 2.10. The van der Waals surface area contributed by atoms with Crippen LogP contribution in [-0.4, -0.2) is 27.4 Å². The Hall–Kier alpha value is -2.25. The first kappa shape index (κ1) is 18.1. The second-order valence-corrected chi connectivity index (χ2v) is 6.93. The average Bonchev–Trinajstić information content (AvgIpc) is 2.56. The Labute approximate surface area is 141 Å². The van der Waals surface area contributed by atoms with Crippen LogP contribution in [0.1, 0.15) is 22.8 Å². The number of carbonyl (C=O) groups excluding carboxylic acids is 1. The summed E-state index contributed by atoms with van der Waals surface area (Å²) in [4.78, 5) is 12.1. The normalized spacial score (nSPS) is 11.2. The number of nitrogens with one attached hydrogen (secondary N) is 2. The smallest absolute Gasteiger partial charge is 0.251 e. The largest absolute Gasteiger partial charge is 0.352 e. The minimum atomic E-state index is -3.45. The molecule has 0 aliphatic rings. The van der Waals surface area contributed by atoms with E-state index in [-0.39, 0.29) is 16.6 Å². The molecule has 0 spiro atoms. The van der Waals surface area contributed by atoms with Crippen LogP contribution in [0.15, 0.2) is 53.4 Å². The van der Waals surface area contributed by atoms with E-state index in [0.29, 0.717) is 25.1 Å². The zero-order valence-corrected chi connectivity index (χ0v) is 14.1. The maximum absolute atomic E-state index is 12.8. The number of hydrogen-bond acceptors (Lipinski definition) is 3. The quantitative estimate of drug-likeness (QED) is 0.803. The molecule has 0 radical (unpaired) electrons. The molecule has 2 rings (SSSR count).